The van der Waals surface area contributed by atoms with Crippen LogP contribution in [-0.4, -0.2) is 30.4 Å². The van der Waals surface area contributed by atoms with Gasteiger partial charge in [0.25, 0.3) is 0 Å². The number of nitrogens with one attached hydrogen (secondary N) is 1. The van der Waals surface area contributed by atoms with Crippen LogP contribution in [0.15, 0.2) is 24.3 Å². The van der Waals surface area contributed by atoms with Crippen molar-refractivity contribution in [3.63, 3.8) is 0 Å². The number of hydrogen-bond acceptors (Lipinski definition) is 2. The lowest BCUT2D eigenvalue weighted by atomic mass is 10.3. The number of hydrogen-bond donors (Lipinski definition) is 1. The number of benzene rings is 1. The maximum atomic E-state index is 12.7. The van der Waals surface area contributed by atoms with Crippen LogP contribution in [0.5, 0.6) is 0 Å². The SMILES string of the molecule is O=C(CNc1cccc(F)c1)N1CC1. The number of carbonyl (C=O) groups is 1. The van der Waals surface area contributed by atoms with Gasteiger partial charge in [-0.3, -0.25) is 4.79 Å². The van der Waals surface area contributed by atoms with Crippen molar-refractivity contribution in [2.75, 3.05) is 25.0 Å². The quantitative estimate of drug-likeness (QED) is 0.730. The summed E-state index contributed by atoms with van der Waals surface area (Å²) < 4.78 is 12.7. The van der Waals surface area contributed by atoms with Crippen LogP contribution in [-0.2, 0) is 4.79 Å². The van der Waals surface area contributed by atoms with E-state index in [0.29, 0.717) is 5.69 Å². The van der Waals surface area contributed by atoms with Crippen molar-refractivity contribution < 1.29 is 9.18 Å². The van der Waals surface area contributed by atoms with Crippen LogP contribution in [0.3, 0.4) is 0 Å². The highest BCUT2D eigenvalue weighted by atomic mass is 19.1. The van der Waals surface area contributed by atoms with Gasteiger partial charge in [-0.15, -0.1) is 0 Å². The highest BCUT2D eigenvalue weighted by Crippen LogP contribution is 2.09. The molecule has 1 aromatic carbocycles. The Morgan fingerprint density at radius 3 is 2.93 bits per heavy atom. The summed E-state index contributed by atoms with van der Waals surface area (Å²) in [6, 6.07) is 6.09. The Morgan fingerprint density at radius 1 is 1.50 bits per heavy atom. The minimum atomic E-state index is -0.297. The van der Waals surface area contributed by atoms with Crippen LogP contribution < -0.4 is 5.32 Å². The first kappa shape index (κ1) is 8.99. The maximum Gasteiger partial charge on any atom is 0.241 e. The summed E-state index contributed by atoms with van der Waals surface area (Å²) in [7, 11) is 0. The van der Waals surface area contributed by atoms with E-state index in [1.165, 1.54) is 12.1 Å². The molecule has 0 bridgehead atoms. The van der Waals surface area contributed by atoms with Gasteiger partial charge < -0.3 is 10.2 Å². The van der Waals surface area contributed by atoms with Crippen molar-refractivity contribution >= 4 is 11.6 Å². The summed E-state index contributed by atoms with van der Waals surface area (Å²) in [6.07, 6.45) is 0. The van der Waals surface area contributed by atoms with Gasteiger partial charge in [0.1, 0.15) is 5.82 Å². The fourth-order valence-electron chi connectivity index (χ4n) is 1.19. The summed E-state index contributed by atoms with van der Waals surface area (Å²) in [5.74, 6) is -0.233. The van der Waals surface area contributed by atoms with E-state index in [2.05, 4.69) is 5.32 Å². The molecule has 1 heterocycles. The van der Waals surface area contributed by atoms with E-state index < -0.39 is 0 Å². The summed E-state index contributed by atoms with van der Waals surface area (Å²) in [5.41, 5.74) is 0.639. The zero-order chi connectivity index (χ0) is 9.97. The van der Waals surface area contributed by atoms with E-state index in [1.54, 1.807) is 17.0 Å². The van der Waals surface area contributed by atoms with Crippen molar-refractivity contribution in [1.29, 1.82) is 0 Å². The molecule has 3 nitrogen and oxygen atoms in total. The average molecular weight is 194 g/mol. The molecule has 1 amide bonds. The minimum absolute atomic E-state index is 0.0641. The predicted molar refractivity (Wildman–Crippen MR) is 51.5 cm³/mol. The molecular weight excluding hydrogens is 183 g/mol. The second-order valence-electron chi connectivity index (χ2n) is 3.24. The molecule has 1 aliphatic rings. The number of nitrogens with zero attached hydrogens (tertiary/aromatic N) is 1. The molecule has 0 aromatic heterocycles. The lowest BCUT2D eigenvalue weighted by Gasteiger charge is -2.05. The number of amides is 1. The minimum Gasteiger partial charge on any atom is -0.376 e. The van der Waals surface area contributed by atoms with Gasteiger partial charge in [0.15, 0.2) is 0 Å². The molecular formula is C10H11FN2O. The molecule has 0 spiro atoms. The molecule has 1 N–H and O–H groups in total. The van der Waals surface area contributed by atoms with Crippen LogP contribution in [0.2, 0.25) is 0 Å². The topological polar surface area (TPSA) is 32.1 Å². The average Bonchev–Trinajstić information content (AvgIpc) is 2.97. The van der Waals surface area contributed by atoms with Gasteiger partial charge in [0.05, 0.1) is 6.54 Å². The molecule has 2 rings (SSSR count). The Hall–Kier alpha value is -1.58. The van der Waals surface area contributed by atoms with Gasteiger partial charge in [-0.05, 0) is 18.2 Å². The fraction of sp³-hybridized carbons (Fsp3) is 0.300. The van der Waals surface area contributed by atoms with Crippen LogP contribution in [0, 0.1) is 5.82 Å². The van der Waals surface area contributed by atoms with Crippen LogP contribution in [0.1, 0.15) is 0 Å². The summed E-state index contributed by atoms with van der Waals surface area (Å²) >= 11 is 0. The zero-order valence-electron chi connectivity index (χ0n) is 7.66. The lowest BCUT2D eigenvalue weighted by Crippen LogP contribution is -2.21. The van der Waals surface area contributed by atoms with Gasteiger partial charge in [-0.2, -0.15) is 0 Å². The first-order valence-electron chi connectivity index (χ1n) is 4.53. The Morgan fingerprint density at radius 2 is 2.29 bits per heavy atom. The smallest absolute Gasteiger partial charge is 0.241 e. The Bertz CT molecular complexity index is 350. The van der Waals surface area contributed by atoms with Gasteiger partial charge in [-0.25, -0.2) is 4.39 Å². The van der Waals surface area contributed by atoms with Crippen molar-refractivity contribution in [3.05, 3.63) is 30.1 Å². The number of anilines is 1. The highest BCUT2D eigenvalue weighted by Gasteiger charge is 2.23. The largest absolute Gasteiger partial charge is 0.376 e. The van der Waals surface area contributed by atoms with E-state index in [1.807, 2.05) is 0 Å². The second kappa shape index (κ2) is 3.65. The van der Waals surface area contributed by atoms with Crippen LogP contribution in [0.25, 0.3) is 0 Å². The van der Waals surface area contributed by atoms with E-state index in [-0.39, 0.29) is 18.3 Å². The zero-order valence-corrected chi connectivity index (χ0v) is 7.66. The number of rotatable bonds is 3. The molecule has 0 aliphatic carbocycles. The fourth-order valence-corrected chi connectivity index (χ4v) is 1.19. The molecule has 0 saturated carbocycles. The van der Waals surface area contributed by atoms with Gasteiger partial charge >= 0.3 is 0 Å². The molecule has 1 aliphatic heterocycles. The van der Waals surface area contributed by atoms with E-state index in [4.69, 9.17) is 0 Å². The number of halogens is 1. The van der Waals surface area contributed by atoms with E-state index >= 15 is 0 Å². The normalized spacial score (nSPS) is 13.9. The summed E-state index contributed by atoms with van der Waals surface area (Å²) in [6.45, 7) is 1.94. The van der Waals surface area contributed by atoms with Gasteiger partial charge in [0, 0.05) is 18.8 Å². The van der Waals surface area contributed by atoms with Crippen molar-refractivity contribution in [2.45, 2.75) is 0 Å². The number of carbonyl (C=O) groups excluding carboxylic acids is 1. The molecule has 0 atom stereocenters. The lowest BCUT2D eigenvalue weighted by molar-refractivity contribution is -0.123. The van der Waals surface area contributed by atoms with Crippen LogP contribution >= 0.6 is 0 Å². The van der Waals surface area contributed by atoms with Gasteiger partial charge in [0.2, 0.25) is 5.91 Å². The second-order valence-corrected chi connectivity index (χ2v) is 3.24. The maximum absolute atomic E-state index is 12.7. The Kier molecular flexibility index (Phi) is 2.35. The van der Waals surface area contributed by atoms with Crippen molar-refractivity contribution in [3.8, 4) is 0 Å². The highest BCUT2D eigenvalue weighted by molar-refractivity contribution is 5.82. The Labute approximate surface area is 81.5 Å². The first-order valence-corrected chi connectivity index (χ1v) is 4.53. The first-order chi connectivity index (χ1) is 6.75. The van der Waals surface area contributed by atoms with Crippen molar-refractivity contribution in [1.82, 2.24) is 4.90 Å². The summed E-state index contributed by atoms with van der Waals surface area (Å²) in [4.78, 5) is 13.0. The molecule has 1 fully saturated rings. The molecule has 14 heavy (non-hydrogen) atoms. The molecule has 1 saturated heterocycles. The molecule has 0 unspecified atom stereocenters. The third kappa shape index (κ3) is 2.22. The van der Waals surface area contributed by atoms with E-state index in [0.717, 1.165) is 13.1 Å². The molecule has 74 valence electrons. The predicted octanol–water partition coefficient (Wildman–Crippen LogP) is 1.08. The molecule has 0 radical (unpaired) electrons. The third-order valence-electron chi connectivity index (χ3n) is 2.07. The van der Waals surface area contributed by atoms with Crippen molar-refractivity contribution in [2.24, 2.45) is 0 Å². The van der Waals surface area contributed by atoms with Gasteiger partial charge in [-0.1, -0.05) is 6.07 Å². The molecule has 1 aromatic rings. The monoisotopic (exact) mass is 194 g/mol. The standard InChI is InChI=1S/C10H11FN2O/c11-8-2-1-3-9(6-8)12-7-10(14)13-4-5-13/h1-3,6,12H,4-5,7H2. The Balaban J connectivity index is 1.87. The summed E-state index contributed by atoms with van der Waals surface area (Å²) in [5, 5.41) is 2.88. The van der Waals surface area contributed by atoms with Crippen LogP contribution in [0.4, 0.5) is 10.1 Å². The van der Waals surface area contributed by atoms with E-state index in [9.17, 15) is 9.18 Å². The molecule has 4 heteroatoms. The third-order valence-corrected chi connectivity index (χ3v) is 2.07.